The first-order valence-corrected chi connectivity index (χ1v) is 7.76. The van der Waals surface area contributed by atoms with Gasteiger partial charge in [-0.25, -0.2) is 0 Å². The second-order valence-electron chi connectivity index (χ2n) is 5.56. The summed E-state index contributed by atoms with van der Waals surface area (Å²) in [6, 6.07) is 14.5. The van der Waals surface area contributed by atoms with Crippen LogP contribution in [0.4, 0.5) is 0 Å². The predicted octanol–water partition coefficient (Wildman–Crippen LogP) is 3.18. The summed E-state index contributed by atoms with van der Waals surface area (Å²) < 4.78 is 5.17. The molecule has 2 aromatic carbocycles. The molecule has 4 heteroatoms. The van der Waals surface area contributed by atoms with E-state index in [1.54, 1.807) is 14.2 Å². The summed E-state index contributed by atoms with van der Waals surface area (Å²) in [7, 11) is 3.46. The number of methoxy groups -OCH3 is 1. The first kappa shape index (κ1) is 16.9. The maximum atomic E-state index is 5.17. The Balaban J connectivity index is 1.87. The van der Waals surface area contributed by atoms with E-state index in [4.69, 9.17) is 4.74 Å². The van der Waals surface area contributed by atoms with Crippen molar-refractivity contribution in [1.82, 2.24) is 10.6 Å². The maximum Gasteiger partial charge on any atom is 0.191 e. The van der Waals surface area contributed by atoms with Crippen molar-refractivity contribution in [2.75, 3.05) is 14.2 Å². The number of ether oxygens (including phenoxy) is 1. The van der Waals surface area contributed by atoms with Crippen LogP contribution in [0.5, 0.6) is 5.75 Å². The summed E-state index contributed by atoms with van der Waals surface area (Å²) in [5, 5.41) is 6.68. The molecule has 23 heavy (non-hydrogen) atoms. The van der Waals surface area contributed by atoms with E-state index in [0.29, 0.717) is 0 Å². The Morgan fingerprint density at radius 2 is 1.70 bits per heavy atom. The quantitative estimate of drug-likeness (QED) is 0.658. The minimum Gasteiger partial charge on any atom is -0.497 e. The number of nitrogens with one attached hydrogen (secondary N) is 2. The SMILES string of the molecule is CN=C(NCc1ccc(OC)cc1)NCc1ccc(C)cc1C. The van der Waals surface area contributed by atoms with Gasteiger partial charge in [0, 0.05) is 20.1 Å². The van der Waals surface area contributed by atoms with Crippen LogP contribution in [-0.4, -0.2) is 20.1 Å². The Morgan fingerprint density at radius 1 is 1.00 bits per heavy atom. The molecule has 0 unspecified atom stereocenters. The van der Waals surface area contributed by atoms with Crippen LogP contribution in [0.15, 0.2) is 47.5 Å². The van der Waals surface area contributed by atoms with E-state index in [0.717, 1.165) is 24.8 Å². The smallest absolute Gasteiger partial charge is 0.191 e. The van der Waals surface area contributed by atoms with E-state index in [2.05, 4.69) is 47.7 Å². The molecule has 2 aromatic rings. The van der Waals surface area contributed by atoms with E-state index >= 15 is 0 Å². The molecule has 0 bridgehead atoms. The van der Waals surface area contributed by atoms with Crippen LogP contribution in [0, 0.1) is 13.8 Å². The van der Waals surface area contributed by atoms with Gasteiger partial charge in [0.25, 0.3) is 0 Å². The van der Waals surface area contributed by atoms with Crippen molar-refractivity contribution in [3.63, 3.8) is 0 Å². The lowest BCUT2D eigenvalue weighted by atomic mass is 10.1. The van der Waals surface area contributed by atoms with Gasteiger partial charge in [-0.15, -0.1) is 0 Å². The number of rotatable bonds is 5. The van der Waals surface area contributed by atoms with Crippen LogP contribution in [0.25, 0.3) is 0 Å². The summed E-state index contributed by atoms with van der Waals surface area (Å²) in [5.74, 6) is 1.66. The molecule has 4 nitrogen and oxygen atoms in total. The lowest BCUT2D eigenvalue weighted by Crippen LogP contribution is -2.36. The normalized spacial score (nSPS) is 11.2. The summed E-state index contributed by atoms with van der Waals surface area (Å²) in [5.41, 5.74) is 5.04. The van der Waals surface area contributed by atoms with Gasteiger partial charge in [0.15, 0.2) is 5.96 Å². The molecule has 0 saturated carbocycles. The van der Waals surface area contributed by atoms with Gasteiger partial charge in [0.05, 0.1) is 7.11 Å². The molecule has 0 aromatic heterocycles. The molecule has 122 valence electrons. The summed E-state index contributed by atoms with van der Waals surface area (Å²) in [6.45, 7) is 5.72. The maximum absolute atomic E-state index is 5.17. The van der Waals surface area contributed by atoms with Crippen molar-refractivity contribution in [3.05, 3.63) is 64.7 Å². The Hall–Kier alpha value is -2.49. The van der Waals surface area contributed by atoms with Crippen LogP contribution in [-0.2, 0) is 13.1 Å². The van der Waals surface area contributed by atoms with E-state index in [9.17, 15) is 0 Å². The Morgan fingerprint density at radius 3 is 2.30 bits per heavy atom. The number of hydrogen-bond acceptors (Lipinski definition) is 2. The van der Waals surface area contributed by atoms with E-state index in [1.165, 1.54) is 22.3 Å². The molecular weight excluding hydrogens is 286 g/mol. The first-order chi connectivity index (χ1) is 11.1. The molecular formula is C19H25N3O. The zero-order valence-corrected chi connectivity index (χ0v) is 14.3. The molecule has 2 N–H and O–H groups in total. The van der Waals surface area contributed by atoms with E-state index in [-0.39, 0.29) is 0 Å². The number of aryl methyl sites for hydroxylation is 2. The van der Waals surface area contributed by atoms with Crippen LogP contribution < -0.4 is 15.4 Å². The van der Waals surface area contributed by atoms with Crippen LogP contribution in [0.1, 0.15) is 22.3 Å². The van der Waals surface area contributed by atoms with E-state index in [1.807, 2.05) is 24.3 Å². The van der Waals surface area contributed by atoms with Crippen molar-refractivity contribution in [3.8, 4) is 5.75 Å². The highest BCUT2D eigenvalue weighted by atomic mass is 16.5. The molecule has 0 amide bonds. The minimum atomic E-state index is 0.719. The van der Waals surface area contributed by atoms with Gasteiger partial charge in [-0.3, -0.25) is 4.99 Å². The van der Waals surface area contributed by atoms with Gasteiger partial charge >= 0.3 is 0 Å². The second kappa shape index (κ2) is 8.22. The third-order valence-electron chi connectivity index (χ3n) is 3.79. The summed E-state index contributed by atoms with van der Waals surface area (Å²) in [4.78, 5) is 4.27. The monoisotopic (exact) mass is 311 g/mol. The third kappa shape index (κ3) is 5.02. The highest BCUT2D eigenvalue weighted by molar-refractivity contribution is 5.79. The summed E-state index contributed by atoms with van der Waals surface area (Å²) >= 11 is 0. The van der Waals surface area contributed by atoms with Crippen molar-refractivity contribution in [2.24, 2.45) is 4.99 Å². The van der Waals surface area contributed by atoms with Gasteiger partial charge in [0.1, 0.15) is 5.75 Å². The Kier molecular flexibility index (Phi) is 6.03. The average molecular weight is 311 g/mol. The van der Waals surface area contributed by atoms with E-state index < -0.39 is 0 Å². The molecule has 0 atom stereocenters. The minimum absolute atomic E-state index is 0.719. The topological polar surface area (TPSA) is 45.7 Å². The Bertz CT molecular complexity index is 663. The molecule has 0 aliphatic heterocycles. The van der Waals surface area contributed by atoms with Gasteiger partial charge in [-0.05, 0) is 42.7 Å². The highest BCUT2D eigenvalue weighted by Gasteiger charge is 2.02. The Labute approximate surface area is 138 Å². The fourth-order valence-electron chi connectivity index (χ4n) is 2.37. The number of nitrogens with zero attached hydrogens (tertiary/aromatic N) is 1. The lowest BCUT2D eigenvalue weighted by molar-refractivity contribution is 0.414. The molecule has 0 saturated heterocycles. The molecule has 0 aliphatic carbocycles. The number of guanidine groups is 1. The van der Waals surface area contributed by atoms with Gasteiger partial charge < -0.3 is 15.4 Å². The zero-order chi connectivity index (χ0) is 16.7. The predicted molar refractivity (Wildman–Crippen MR) is 95.9 cm³/mol. The van der Waals surface area contributed by atoms with Crippen LogP contribution in [0.3, 0.4) is 0 Å². The zero-order valence-electron chi connectivity index (χ0n) is 14.3. The van der Waals surface area contributed by atoms with Crippen LogP contribution >= 0.6 is 0 Å². The molecule has 0 spiro atoms. The van der Waals surface area contributed by atoms with Gasteiger partial charge in [-0.2, -0.15) is 0 Å². The van der Waals surface area contributed by atoms with Gasteiger partial charge in [-0.1, -0.05) is 35.9 Å². The lowest BCUT2D eigenvalue weighted by Gasteiger charge is -2.13. The fourth-order valence-corrected chi connectivity index (χ4v) is 2.37. The van der Waals surface area contributed by atoms with Crippen molar-refractivity contribution in [2.45, 2.75) is 26.9 Å². The number of aliphatic imine (C=N–C) groups is 1. The van der Waals surface area contributed by atoms with Gasteiger partial charge in [0.2, 0.25) is 0 Å². The van der Waals surface area contributed by atoms with Crippen LogP contribution in [0.2, 0.25) is 0 Å². The standard InChI is InChI=1S/C19H25N3O/c1-14-5-8-17(15(2)11-14)13-22-19(20-3)21-12-16-6-9-18(23-4)10-7-16/h5-11H,12-13H2,1-4H3,(H2,20,21,22). The second-order valence-corrected chi connectivity index (χ2v) is 5.56. The molecule has 0 fully saturated rings. The van der Waals surface area contributed by atoms with Crippen molar-refractivity contribution >= 4 is 5.96 Å². The van der Waals surface area contributed by atoms with Crippen molar-refractivity contribution in [1.29, 1.82) is 0 Å². The number of hydrogen-bond donors (Lipinski definition) is 2. The molecule has 0 aliphatic rings. The fraction of sp³-hybridized carbons (Fsp3) is 0.316. The molecule has 0 heterocycles. The number of benzene rings is 2. The average Bonchev–Trinajstić information content (AvgIpc) is 2.57. The molecule has 2 rings (SSSR count). The molecule has 0 radical (unpaired) electrons. The summed E-state index contributed by atoms with van der Waals surface area (Å²) in [6.07, 6.45) is 0. The first-order valence-electron chi connectivity index (χ1n) is 7.76. The van der Waals surface area contributed by atoms with Crippen molar-refractivity contribution < 1.29 is 4.74 Å². The third-order valence-corrected chi connectivity index (χ3v) is 3.79. The largest absolute Gasteiger partial charge is 0.497 e. The highest BCUT2D eigenvalue weighted by Crippen LogP contribution is 2.11.